The third-order valence-corrected chi connectivity index (χ3v) is 8.55. The number of carbonyl (C=O) groups excluding carboxylic acids is 1. The number of sulfonamides is 1. The zero-order chi connectivity index (χ0) is 22.4. The molecule has 32 heavy (non-hydrogen) atoms. The van der Waals surface area contributed by atoms with Crippen LogP contribution in [0.2, 0.25) is 0 Å². The Labute approximate surface area is 191 Å². The smallest absolute Gasteiger partial charge is 0.251 e. The van der Waals surface area contributed by atoms with Gasteiger partial charge in [0.1, 0.15) is 0 Å². The van der Waals surface area contributed by atoms with Crippen LogP contribution in [-0.4, -0.2) is 51.5 Å². The first-order valence-corrected chi connectivity index (χ1v) is 13.1. The fourth-order valence-electron chi connectivity index (χ4n) is 4.67. The van der Waals surface area contributed by atoms with Gasteiger partial charge >= 0.3 is 0 Å². The van der Waals surface area contributed by atoms with Gasteiger partial charge in [-0.3, -0.25) is 4.79 Å². The standard InChI is InChI=1S/C25H32N2O4S/c28-24(26-20-25(13-17-31-18-14-25)23-7-3-1-4-8-23)22-11-9-21(10-12-22)19-32(29,30)27-15-5-2-6-16-27/h1,3-4,7-12H,2,5-6,13-20H2,(H,26,28). The summed E-state index contributed by atoms with van der Waals surface area (Å²) in [5, 5.41) is 3.11. The van der Waals surface area contributed by atoms with Crippen LogP contribution < -0.4 is 5.32 Å². The van der Waals surface area contributed by atoms with Crippen molar-refractivity contribution in [1.29, 1.82) is 0 Å². The predicted octanol–water partition coefficient (Wildman–Crippen LogP) is 3.48. The molecule has 6 nitrogen and oxygen atoms in total. The molecule has 1 N–H and O–H groups in total. The van der Waals surface area contributed by atoms with Gasteiger partial charge in [-0.2, -0.15) is 0 Å². The van der Waals surface area contributed by atoms with Crippen LogP contribution in [0, 0.1) is 0 Å². The Balaban J connectivity index is 1.39. The summed E-state index contributed by atoms with van der Waals surface area (Å²) in [5.74, 6) is -0.163. The van der Waals surface area contributed by atoms with Crippen molar-refractivity contribution in [2.75, 3.05) is 32.8 Å². The first-order valence-electron chi connectivity index (χ1n) is 11.5. The zero-order valence-corrected chi connectivity index (χ0v) is 19.3. The van der Waals surface area contributed by atoms with Crippen molar-refractivity contribution in [2.45, 2.75) is 43.3 Å². The molecule has 2 saturated heterocycles. The maximum Gasteiger partial charge on any atom is 0.251 e. The quantitative estimate of drug-likeness (QED) is 0.692. The lowest BCUT2D eigenvalue weighted by Gasteiger charge is -2.38. The molecule has 172 valence electrons. The number of benzene rings is 2. The number of hydrogen-bond donors (Lipinski definition) is 1. The highest BCUT2D eigenvalue weighted by Crippen LogP contribution is 2.34. The predicted molar refractivity (Wildman–Crippen MR) is 125 cm³/mol. The molecule has 2 aromatic rings. The van der Waals surface area contributed by atoms with Crippen molar-refractivity contribution in [2.24, 2.45) is 0 Å². The van der Waals surface area contributed by atoms with Gasteiger partial charge in [-0.15, -0.1) is 0 Å². The Morgan fingerprint density at radius 1 is 0.938 bits per heavy atom. The van der Waals surface area contributed by atoms with Crippen molar-refractivity contribution < 1.29 is 17.9 Å². The van der Waals surface area contributed by atoms with Crippen LogP contribution in [0.3, 0.4) is 0 Å². The normalized spacial score (nSPS) is 19.4. The number of hydrogen-bond acceptors (Lipinski definition) is 4. The van der Waals surface area contributed by atoms with E-state index in [9.17, 15) is 13.2 Å². The van der Waals surface area contributed by atoms with Crippen molar-refractivity contribution in [3.05, 3.63) is 71.3 Å². The van der Waals surface area contributed by atoms with E-state index >= 15 is 0 Å². The summed E-state index contributed by atoms with van der Waals surface area (Å²) < 4.78 is 32.5. The second-order valence-corrected chi connectivity index (χ2v) is 10.8. The lowest BCUT2D eigenvalue weighted by molar-refractivity contribution is 0.0487. The minimum absolute atomic E-state index is 0.0218. The molecule has 2 aliphatic rings. The molecule has 2 fully saturated rings. The first-order chi connectivity index (χ1) is 15.5. The fraction of sp³-hybridized carbons (Fsp3) is 0.480. The fourth-order valence-corrected chi connectivity index (χ4v) is 6.28. The van der Waals surface area contributed by atoms with Gasteiger partial charge in [0, 0.05) is 43.8 Å². The van der Waals surface area contributed by atoms with E-state index in [4.69, 9.17) is 4.74 Å². The van der Waals surface area contributed by atoms with Gasteiger partial charge < -0.3 is 10.1 Å². The molecule has 0 aliphatic carbocycles. The minimum Gasteiger partial charge on any atom is -0.381 e. The average molecular weight is 457 g/mol. The summed E-state index contributed by atoms with van der Waals surface area (Å²) in [4.78, 5) is 12.8. The van der Waals surface area contributed by atoms with E-state index in [0.29, 0.717) is 44.0 Å². The maximum absolute atomic E-state index is 12.8. The molecule has 0 aromatic heterocycles. The van der Waals surface area contributed by atoms with E-state index < -0.39 is 10.0 Å². The number of ether oxygens (including phenoxy) is 1. The van der Waals surface area contributed by atoms with E-state index in [1.54, 1.807) is 28.6 Å². The van der Waals surface area contributed by atoms with Gasteiger partial charge in [0.05, 0.1) is 5.75 Å². The molecule has 0 bridgehead atoms. The molecule has 1 amide bonds. The summed E-state index contributed by atoms with van der Waals surface area (Å²) in [7, 11) is -3.31. The van der Waals surface area contributed by atoms with E-state index in [2.05, 4.69) is 17.4 Å². The Morgan fingerprint density at radius 2 is 1.59 bits per heavy atom. The van der Waals surface area contributed by atoms with Crippen LogP contribution >= 0.6 is 0 Å². The molecule has 0 spiro atoms. The minimum atomic E-state index is -3.31. The topological polar surface area (TPSA) is 75.7 Å². The number of nitrogens with zero attached hydrogens (tertiary/aromatic N) is 1. The SMILES string of the molecule is O=C(NCC1(c2ccccc2)CCOCC1)c1ccc(CS(=O)(=O)N2CCCCC2)cc1. The Morgan fingerprint density at radius 3 is 2.25 bits per heavy atom. The number of amides is 1. The lowest BCUT2D eigenvalue weighted by atomic mass is 9.74. The number of carbonyl (C=O) groups is 1. The number of nitrogens with one attached hydrogen (secondary N) is 1. The first kappa shape index (κ1) is 23.0. The zero-order valence-electron chi connectivity index (χ0n) is 18.5. The summed E-state index contributed by atoms with van der Waals surface area (Å²) in [6, 6.07) is 17.2. The van der Waals surface area contributed by atoms with Crippen LogP contribution in [-0.2, 0) is 25.9 Å². The van der Waals surface area contributed by atoms with Gasteiger partial charge in [0.25, 0.3) is 5.91 Å². The van der Waals surface area contributed by atoms with Crippen molar-refractivity contribution in [3.63, 3.8) is 0 Å². The maximum atomic E-state index is 12.8. The van der Waals surface area contributed by atoms with Crippen molar-refractivity contribution >= 4 is 15.9 Å². The van der Waals surface area contributed by atoms with Crippen LogP contribution in [0.5, 0.6) is 0 Å². The highest BCUT2D eigenvalue weighted by atomic mass is 32.2. The van der Waals surface area contributed by atoms with Gasteiger partial charge in [-0.1, -0.05) is 48.9 Å². The van der Waals surface area contributed by atoms with E-state index in [1.807, 2.05) is 18.2 Å². The van der Waals surface area contributed by atoms with E-state index in [1.165, 1.54) is 5.56 Å². The highest BCUT2D eigenvalue weighted by molar-refractivity contribution is 7.88. The molecular formula is C25H32N2O4S. The third kappa shape index (κ3) is 5.39. The monoisotopic (exact) mass is 456 g/mol. The molecule has 0 atom stereocenters. The third-order valence-electron chi connectivity index (χ3n) is 6.70. The average Bonchev–Trinajstić information content (AvgIpc) is 2.84. The summed E-state index contributed by atoms with van der Waals surface area (Å²) >= 11 is 0. The van der Waals surface area contributed by atoms with Gasteiger partial charge in [-0.05, 0) is 48.9 Å². The Kier molecular flexibility index (Phi) is 7.28. The van der Waals surface area contributed by atoms with Crippen LogP contribution in [0.1, 0.15) is 53.6 Å². The molecule has 2 aromatic carbocycles. The molecule has 0 unspecified atom stereocenters. The molecule has 0 saturated carbocycles. The van der Waals surface area contributed by atoms with Crippen LogP contribution in [0.4, 0.5) is 0 Å². The van der Waals surface area contributed by atoms with Gasteiger partial charge in [0.15, 0.2) is 0 Å². The molecule has 2 heterocycles. The van der Waals surface area contributed by atoms with Gasteiger partial charge in [0.2, 0.25) is 10.0 Å². The van der Waals surface area contributed by atoms with E-state index in [0.717, 1.165) is 32.1 Å². The van der Waals surface area contributed by atoms with Crippen LogP contribution in [0.15, 0.2) is 54.6 Å². The molecule has 0 radical (unpaired) electrons. The van der Waals surface area contributed by atoms with Crippen LogP contribution in [0.25, 0.3) is 0 Å². The molecule has 7 heteroatoms. The second kappa shape index (κ2) is 10.1. The number of rotatable bonds is 7. The van der Waals surface area contributed by atoms with Gasteiger partial charge in [-0.25, -0.2) is 12.7 Å². The Hall–Kier alpha value is -2.22. The number of piperidine rings is 1. The molecule has 2 aliphatic heterocycles. The van der Waals surface area contributed by atoms with Crippen molar-refractivity contribution in [1.82, 2.24) is 9.62 Å². The van der Waals surface area contributed by atoms with Crippen molar-refractivity contribution in [3.8, 4) is 0 Å². The molecular weight excluding hydrogens is 424 g/mol. The molecule has 4 rings (SSSR count). The largest absolute Gasteiger partial charge is 0.381 e. The second-order valence-electron chi connectivity index (χ2n) is 8.85. The Bertz CT molecular complexity index is 994. The highest BCUT2D eigenvalue weighted by Gasteiger charge is 2.34. The lowest BCUT2D eigenvalue weighted by Crippen LogP contribution is -2.44. The summed E-state index contributed by atoms with van der Waals surface area (Å²) in [5.41, 5.74) is 2.34. The van der Waals surface area contributed by atoms with E-state index in [-0.39, 0.29) is 17.1 Å². The summed E-state index contributed by atoms with van der Waals surface area (Å²) in [6.45, 7) is 3.13. The summed E-state index contributed by atoms with van der Waals surface area (Å²) in [6.07, 6.45) is 4.67.